The fourth-order valence-electron chi connectivity index (χ4n) is 1.38. The van der Waals surface area contributed by atoms with Crippen molar-refractivity contribution in [1.29, 1.82) is 0 Å². The van der Waals surface area contributed by atoms with Gasteiger partial charge in [0.15, 0.2) is 5.82 Å². The first-order valence-corrected chi connectivity index (χ1v) is 5.84. The Labute approximate surface area is 109 Å². The van der Waals surface area contributed by atoms with Crippen LogP contribution in [-0.4, -0.2) is 10.1 Å². The Bertz CT molecular complexity index is 513. The molecule has 2 rings (SSSR count). The monoisotopic (exact) mass is 271 g/mol. The second kappa shape index (κ2) is 5.49. The molecule has 0 amide bonds. The Hall–Kier alpha value is -1.10. The van der Waals surface area contributed by atoms with E-state index >= 15 is 0 Å². The number of nitrogens with zero attached hydrogens (tertiary/aromatic N) is 2. The number of nitrogens with one attached hydrogen (secondary N) is 1. The van der Waals surface area contributed by atoms with Crippen molar-refractivity contribution in [2.45, 2.75) is 20.0 Å². The highest BCUT2D eigenvalue weighted by atomic mass is 35.5. The van der Waals surface area contributed by atoms with E-state index in [1.165, 1.54) is 0 Å². The lowest BCUT2D eigenvalue weighted by Gasteiger charge is -2.04. The Balaban J connectivity index is 1.90. The highest BCUT2D eigenvalue weighted by Gasteiger charge is 2.04. The maximum atomic E-state index is 6.04. The van der Waals surface area contributed by atoms with Crippen molar-refractivity contribution < 1.29 is 4.52 Å². The van der Waals surface area contributed by atoms with E-state index in [9.17, 15) is 0 Å². The lowest BCUT2D eigenvalue weighted by molar-refractivity contribution is 0.364. The van der Waals surface area contributed by atoms with Gasteiger partial charge in [0.1, 0.15) is 0 Å². The topological polar surface area (TPSA) is 51.0 Å². The molecular weight excluding hydrogens is 261 g/mol. The molecule has 6 heteroatoms. The molecule has 0 atom stereocenters. The maximum Gasteiger partial charge on any atom is 0.240 e. The number of hydrogen-bond acceptors (Lipinski definition) is 4. The third-order valence-corrected chi connectivity index (χ3v) is 2.76. The summed E-state index contributed by atoms with van der Waals surface area (Å²) in [5.74, 6) is 1.19. The number of hydrogen-bond donors (Lipinski definition) is 1. The molecule has 90 valence electrons. The molecular formula is C11H11Cl2N3O. The van der Waals surface area contributed by atoms with Gasteiger partial charge in [-0.3, -0.25) is 0 Å². The zero-order chi connectivity index (χ0) is 12.3. The molecule has 0 aliphatic carbocycles. The van der Waals surface area contributed by atoms with Gasteiger partial charge in [0, 0.05) is 16.6 Å². The van der Waals surface area contributed by atoms with E-state index in [2.05, 4.69) is 15.5 Å². The van der Waals surface area contributed by atoms with Crippen LogP contribution < -0.4 is 5.32 Å². The van der Waals surface area contributed by atoms with Gasteiger partial charge in [-0.15, -0.1) is 0 Å². The minimum Gasteiger partial charge on any atom is -0.338 e. The molecule has 0 unspecified atom stereocenters. The van der Waals surface area contributed by atoms with Crippen LogP contribution in [0.1, 0.15) is 17.3 Å². The van der Waals surface area contributed by atoms with Gasteiger partial charge in [0.05, 0.1) is 6.54 Å². The number of halogens is 2. The molecule has 0 aliphatic heterocycles. The minimum absolute atomic E-state index is 0.514. The van der Waals surface area contributed by atoms with Crippen molar-refractivity contribution in [1.82, 2.24) is 15.5 Å². The van der Waals surface area contributed by atoms with Gasteiger partial charge in [-0.1, -0.05) is 34.4 Å². The number of benzene rings is 1. The van der Waals surface area contributed by atoms with Crippen LogP contribution in [0.25, 0.3) is 0 Å². The van der Waals surface area contributed by atoms with Crippen molar-refractivity contribution in [2.75, 3.05) is 0 Å². The zero-order valence-electron chi connectivity index (χ0n) is 9.20. The molecule has 1 aromatic carbocycles. The SMILES string of the molecule is Cc1noc(CNCc2ccc(Cl)cc2Cl)n1. The summed E-state index contributed by atoms with van der Waals surface area (Å²) in [7, 11) is 0. The molecule has 0 bridgehead atoms. The normalized spacial score (nSPS) is 10.8. The van der Waals surface area contributed by atoms with Crippen LogP contribution in [0.4, 0.5) is 0 Å². The number of aromatic nitrogens is 2. The quantitative estimate of drug-likeness (QED) is 0.929. The summed E-state index contributed by atoms with van der Waals surface area (Å²) < 4.78 is 4.97. The van der Waals surface area contributed by atoms with Crippen molar-refractivity contribution in [3.8, 4) is 0 Å². The second-order valence-electron chi connectivity index (χ2n) is 3.57. The van der Waals surface area contributed by atoms with E-state index in [-0.39, 0.29) is 0 Å². The van der Waals surface area contributed by atoms with Gasteiger partial charge in [-0.05, 0) is 24.6 Å². The molecule has 0 spiro atoms. The molecule has 1 N–H and O–H groups in total. The van der Waals surface area contributed by atoms with E-state index in [0.717, 1.165) is 5.56 Å². The molecule has 1 heterocycles. The van der Waals surface area contributed by atoms with E-state index in [1.54, 1.807) is 19.1 Å². The molecule has 0 saturated heterocycles. The lowest BCUT2D eigenvalue weighted by atomic mass is 10.2. The first-order chi connectivity index (χ1) is 8.15. The van der Waals surface area contributed by atoms with Crippen molar-refractivity contribution in [3.63, 3.8) is 0 Å². The average molecular weight is 272 g/mol. The van der Waals surface area contributed by atoms with E-state index in [4.69, 9.17) is 27.7 Å². The fourth-order valence-corrected chi connectivity index (χ4v) is 1.86. The first-order valence-electron chi connectivity index (χ1n) is 5.09. The van der Waals surface area contributed by atoms with Crippen molar-refractivity contribution in [2.24, 2.45) is 0 Å². The molecule has 4 nitrogen and oxygen atoms in total. The van der Waals surface area contributed by atoms with Crippen LogP contribution in [0.5, 0.6) is 0 Å². The fraction of sp³-hybridized carbons (Fsp3) is 0.273. The first kappa shape index (κ1) is 12.4. The maximum absolute atomic E-state index is 6.04. The second-order valence-corrected chi connectivity index (χ2v) is 4.42. The van der Waals surface area contributed by atoms with Gasteiger partial charge in [-0.2, -0.15) is 4.98 Å². The van der Waals surface area contributed by atoms with Crippen LogP contribution >= 0.6 is 23.2 Å². The van der Waals surface area contributed by atoms with Crippen LogP contribution in [0, 0.1) is 6.92 Å². The van der Waals surface area contributed by atoms with Crippen molar-refractivity contribution in [3.05, 3.63) is 45.5 Å². The smallest absolute Gasteiger partial charge is 0.240 e. The summed E-state index contributed by atoms with van der Waals surface area (Å²) in [6, 6.07) is 5.41. The summed E-state index contributed by atoms with van der Waals surface area (Å²) in [6.45, 7) is 2.92. The predicted octanol–water partition coefficient (Wildman–Crippen LogP) is 2.97. The summed E-state index contributed by atoms with van der Waals surface area (Å²) >= 11 is 11.9. The number of rotatable bonds is 4. The number of aryl methyl sites for hydroxylation is 1. The van der Waals surface area contributed by atoms with Gasteiger partial charge in [0.25, 0.3) is 0 Å². The zero-order valence-corrected chi connectivity index (χ0v) is 10.7. The van der Waals surface area contributed by atoms with E-state index in [1.807, 2.05) is 6.07 Å². The van der Waals surface area contributed by atoms with Crippen LogP contribution in [0.3, 0.4) is 0 Å². The Morgan fingerprint density at radius 1 is 1.29 bits per heavy atom. The molecule has 1 aromatic heterocycles. The van der Waals surface area contributed by atoms with Gasteiger partial charge in [-0.25, -0.2) is 0 Å². The van der Waals surface area contributed by atoms with E-state index < -0.39 is 0 Å². The largest absolute Gasteiger partial charge is 0.338 e. The van der Waals surface area contributed by atoms with Crippen LogP contribution in [0.15, 0.2) is 22.7 Å². The average Bonchev–Trinajstić information content (AvgIpc) is 2.68. The third-order valence-electron chi connectivity index (χ3n) is 2.18. The highest BCUT2D eigenvalue weighted by Crippen LogP contribution is 2.20. The Kier molecular flexibility index (Phi) is 3.99. The van der Waals surface area contributed by atoms with Crippen LogP contribution in [-0.2, 0) is 13.1 Å². The third kappa shape index (κ3) is 3.43. The minimum atomic E-state index is 0.514. The Morgan fingerprint density at radius 3 is 2.76 bits per heavy atom. The summed E-state index contributed by atoms with van der Waals surface area (Å²) in [4.78, 5) is 4.08. The summed E-state index contributed by atoms with van der Waals surface area (Å²) in [5.41, 5.74) is 0.979. The highest BCUT2D eigenvalue weighted by molar-refractivity contribution is 6.35. The summed E-state index contributed by atoms with van der Waals surface area (Å²) in [5, 5.41) is 8.15. The van der Waals surface area contributed by atoms with Crippen molar-refractivity contribution >= 4 is 23.2 Å². The molecule has 17 heavy (non-hydrogen) atoms. The molecule has 2 aromatic rings. The lowest BCUT2D eigenvalue weighted by Crippen LogP contribution is -2.13. The van der Waals surface area contributed by atoms with Gasteiger partial charge in [0.2, 0.25) is 5.89 Å². The predicted molar refractivity (Wildman–Crippen MR) is 66.0 cm³/mol. The van der Waals surface area contributed by atoms with Crippen LogP contribution in [0.2, 0.25) is 10.0 Å². The summed E-state index contributed by atoms with van der Waals surface area (Å²) in [6.07, 6.45) is 0. The standard InChI is InChI=1S/C11H11Cl2N3O/c1-7-15-11(17-16-7)6-14-5-8-2-3-9(12)4-10(8)13/h2-4,14H,5-6H2,1H3. The molecule has 0 fully saturated rings. The van der Waals surface area contributed by atoms with Gasteiger partial charge < -0.3 is 9.84 Å². The molecule has 0 radical (unpaired) electrons. The molecule has 0 saturated carbocycles. The Morgan fingerprint density at radius 2 is 2.12 bits per heavy atom. The van der Waals surface area contributed by atoms with E-state index in [0.29, 0.717) is 34.8 Å². The molecule has 0 aliphatic rings. The van der Waals surface area contributed by atoms with Gasteiger partial charge >= 0.3 is 0 Å².